The molecule has 126 valence electrons. The Labute approximate surface area is 132 Å². The first kappa shape index (κ1) is 16.1. The maximum Gasteiger partial charge on any atom is 0.391 e. The average molecular weight is 327 g/mol. The minimum Gasteiger partial charge on any atom is -0.460 e. The number of nitrogens with one attached hydrogen (secondary N) is 2. The van der Waals surface area contributed by atoms with E-state index in [0.29, 0.717) is 18.7 Å². The number of hydrogen-bond donors (Lipinski definition) is 2. The Kier molecular flexibility index (Phi) is 4.48. The van der Waals surface area contributed by atoms with E-state index < -0.39 is 12.1 Å². The van der Waals surface area contributed by atoms with Crippen LogP contribution in [-0.2, 0) is 6.54 Å². The van der Waals surface area contributed by atoms with Gasteiger partial charge in [0.25, 0.3) is 0 Å². The number of aryl methyl sites for hydroxylation is 1. The van der Waals surface area contributed by atoms with Gasteiger partial charge in [0, 0.05) is 18.2 Å². The number of hydrogen-bond acceptors (Lipinski definition) is 3. The van der Waals surface area contributed by atoms with E-state index in [1.807, 2.05) is 19.1 Å². The highest BCUT2D eigenvalue weighted by Crippen LogP contribution is 2.37. The number of aromatic nitrogens is 2. The number of aromatic amines is 1. The van der Waals surface area contributed by atoms with Gasteiger partial charge in [-0.1, -0.05) is 6.42 Å². The zero-order chi connectivity index (χ0) is 16.4. The minimum atomic E-state index is -4.09. The van der Waals surface area contributed by atoms with Crippen molar-refractivity contribution in [2.75, 3.05) is 0 Å². The number of rotatable bonds is 4. The Morgan fingerprint density at radius 2 is 2.17 bits per heavy atom. The predicted molar refractivity (Wildman–Crippen MR) is 79.7 cm³/mol. The van der Waals surface area contributed by atoms with Crippen molar-refractivity contribution in [3.63, 3.8) is 0 Å². The third-order valence-corrected chi connectivity index (χ3v) is 4.42. The van der Waals surface area contributed by atoms with Crippen molar-refractivity contribution < 1.29 is 17.6 Å². The van der Waals surface area contributed by atoms with E-state index in [1.54, 1.807) is 6.20 Å². The largest absolute Gasteiger partial charge is 0.460 e. The van der Waals surface area contributed by atoms with Crippen LogP contribution in [-0.4, -0.2) is 22.4 Å². The standard InChI is InChI=1S/C16H20F3N3O/c1-10-5-6-14(23-10)15-11(9-21-22-15)8-20-13-4-2-3-12(7-13)16(17,18)19/h5-6,9,12-13,20H,2-4,7-8H2,1H3,(H,21,22)/t12-,13-/m1/s1. The third-order valence-electron chi connectivity index (χ3n) is 4.42. The monoisotopic (exact) mass is 327 g/mol. The summed E-state index contributed by atoms with van der Waals surface area (Å²) < 4.78 is 44.2. The van der Waals surface area contributed by atoms with E-state index >= 15 is 0 Å². The van der Waals surface area contributed by atoms with Gasteiger partial charge >= 0.3 is 6.18 Å². The lowest BCUT2D eigenvalue weighted by Crippen LogP contribution is -2.38. The molecule has 2 N–H and O–H groups in total. The number of H-pyrrole nitrogens is 1. The van der Waals surface area contributed by atoms with Crippen LogP contribution in [0.4, 0.5) is 13.2 Å². The minimum absolute atomic E-state index is 0.114. The molecule has 0 aromatic carbocycles. The summed E-state index contributed by atoms with van der Waals surface area (Å²) >= 11 is 0. The van der Waals surface area contributed by atoms with Crippen LogP contribution in [0, 0.1) is 12.8 Å². The Bertz CT molecular complexity index is 647. The lowest BCUT2D eigenvalue weighted by Gasteiger charge is -2.31. The molecule has 0 bridgehead atoms. The number of furan rings is 1. The Balaban J connectivity index is 1.62. The fraction of sp³-hybridized carbons (Fsp3) is 0.562. The van der Waals surface area contributed by atoms with Crippen molar-refractivity contribution in [3.05, 3.63) is 29.7 Å². The van der Waals surface area contributed by atoms with Gasteiger partial charge in [-0.25, -0.2) is 0 Å². The molecule has 1 fully saturated rings. The fourth-order valence-corrected chi connectivity index (χ4v) is 3.15. The molecule has 0 saturated heterocycles. The van der Waals surface area contributed by atoms with Gasteiger partial charge in [-0.05, 0) is 38.3 Å². The van der Waals surface area contributed by atoms with Gasteiger partial charge in [-0.2, -0.15) is 18.3 Å². The highest BCUT2D eigenvalue weighted by Gasteiger charge is 2.42. The van der Waals surface area contributed by atoms with Crippen LogP contribution >= 0.6 is 0 Å². The molecule has 0 radical (unpaired) electrons. The van der Waals surface area contributed by atoms with Crippen molar-refractivity contribution >= 4 is 0 Å². The Morgan fingerprint density at radius 1 is 1.35 bits per heavy atom. The van der Waals surface area contributed by atoms with Crippen LogP contribution < -0.4 is 5.32 Å². The molecule has 0 unspecified atom stereocenters. The summed E-state index contributed by atoms with van der Waals surface area (Å²) in [6, 6.07) is 3.60. The van der Waals surface area contributed by atoms with E-state index in [4.69, 9.17) is 4.42 Å². The molecular weight excluding hydrogens is 307 g/mol. The van der Waals surface area contributed by atoms with Crippen LogP contribution in [0.5, 0.6) is 0 Å². The number of halogens is 3. The van der Waals surface area contributed by atoms with E-state index in [0.717, 1.165) is 23.4 Å². The predicted octanol–water partition coefficient (Wildman–Crippen LogP) is 4.19. The van der Waals surface area contributed by atoms with Crippen LogP contribution in [0.2, 0.25) is 0 Å². The SMILES string of the molecule is Cc1ccc(-c2[nH]ncc2CN[C@@H]2CCC[C@@H](C(F)(F)F)C2)o1. The van der Waals surface area contributed by atoms with Gasteiger partial charge < -0.3 is 9.73 Å². The van der Waals surface area contributed by atoms with E-state index in [1.165, 1.54) is 0 Å². The van der Waals surface area contributed by atoms with E-state index in [9.17, 15) is 13.2 Å². The van der Waals surface area contributed by atoms with Crippen LogP contribution in [0.25, 0.3) is 11.5 Å². The van der Waals surface area contributed by atoms with Crippen molar-refractivity contribution in [1.82, 2.24) is 15.5 Å². The highest BCUT2D eigenvalue weighted by atomic mass is 19.4. The molecule has 2 aromatic heterocycles. The molecule has 2 atom stereocenters. The maximum absolute atomic E-state index is 12.9. The highest BCUT2D eigenvalue weighted by molar-refractivity contribution is 5.56. The molecule has 4 nitrogen and oxygen atoms in total. The zero-order valence-electron chi connectivity index (χ0n) is 12.9. The summed E-state index contributed by atoms with van der Waals surface area (Å²) in [4.78, 5) is 0. The van der Waals surface area contributed by atoms with Gasteiger partial charge in [-0.15, -0.1) is 0 Å². The normalized spacial score (nSPS) is 22.4. The first-order valence-electron chi connectivity index (χ1n) is 7.82. The second-order valence-corrected chi connectivity index (χ2v) is 6.16. The van der Waals surface area contributed by atoms with Gasteiger partial charge in [0.05, 0.1) is 12.1 Å². The second kappa shape index (κ2) is 6.39. The molecule has 1 saturated carbocycles. The van der Waals surface area contributed by atoms with Crippen molar-refractivity contribution in [2.45, 2.75) is 51.4 Å². The second-order valence-electron chi connectivity index (χ2n) is 6.16. The summed E-state index contributed by atoms with van der Waals surface area (Å²) in [6.45, 7) is 2.33. The molecule has 1 aliphatic carbocycles. The van der Waals surface area contributed by atoms with Crippen LogP contribution in [0.1, 0.15) is 37.0 Å². The van der Waals surface area contributed by atoms with Gasteiger partial charge in [0.15, 0.2) is 5.76 Å². The first-order chi connectivity index (χ1) is 10.9. The molecule has 0 aliphatic heterocycles. The van der Waals surface area contributed by atoms with Crippen molar-refractivity contribution in [2.24, 2.45) is 5.92 Å². The average Bonchev–Trinajstić information content (AvgIpc) is 3.13. The number of alkyl halides is 3. The lowest BCUT2D eigenvalue weighted by molar-refractivity contribution is -0.183. The first-order valence-corrected chi connectivity index (χ1v) is 7.82. The van der Waals surface area contributed by atoms with Crippen molar-refractivity contribution in [3.8, 4) is 11.5 Å². The third kappa shape index (κ3) is 3.77. The Morgan fingerprint density at radius 3 is 2.87 bits per heavy atom. The number of nitrogens with zero attached hydrogens (tertiary/aromatic N) is 1. The molecule has 2 aromatic rings. The summed E-state index contributed by atoms with van der Waals surface area (Å²) in [5.41, 5.74) is 1.67. The quantitative estimate of drug-likeness (QED) is 0.885. The topological polar surface area (TPSA) is 53.9 Å². The maximum atomic E-state index is 12.9. The van der Waals surface area contributed by atoms with Crippen LogP contribution in [0.3, 0.4) is 0 Å². The molecule has 0 spiro atoms. The lowest BCUT2D eigenvalue weighted by atomic mass is 9.85. The molecule has 7 heteroatoms. The summed E-state index contributed by atoms with van der Waals surface area (Å²) in [5, 5.41) is 10.2. The molecule has 23 heavy (non-hydrogen) atoms. The fourth-order valence-electron chi connectivity index (χ4n) is 3.15. The van der Waals surface area contributed by atoms with Gasteiger partial charge in [0.2, 0.25) is 0 Å². The van der Waals surface area contributed by atoms with Crippen molar-refractivity contribution in [1.29, 1.82) is 0 Å². The van der Waals surface area contributed by atoms with Gasteiger partial charge in [0.1, 0.15) is 11.5 Å². The molecule has 1 aliphatic rings. The van der Waals surface area contributed by atoms with Crippen LogP contribution in [0.15, 0.2) is 22.7 Å². The summed E-state index contributed by atoms with van der Waals surface area (Å²) in [6.07, 6.45) is -0.630. The van der Waals surface area contributed by atoms with Gasteiger partial charge in [-0.3, -0.25) is 5.10 Å². The summed E-state index contributed by atoms with van der Waals surface area (Å²) in [5.74, 6) is 0.299. The molecule has 2 heterocycles. The van der Waals surface area contributed by atoms with E-state index in [-0.39, 0.29) is 18.9 Å². The Hall–Kier alpha value is -1.76. The summed E-state index contributed by atoms with van der Waals surface area (Å²) in [7, 11) is 0. The molecule has 0 amide bonds. The molecular formula is C16H20F3N3O. The van der Waals surface area contributed by atoms with E-state index in [2.05, 4.69) is 15.5 Å². The smallest absolute Gasteiger partial charge is 0.391 e. The zero-order valence-corrected chi connectivity index (χ0v) is 12.9. The molecule has 3 rings (SSSR count).